The molecule has 3 aromatic carbocycles. The number of ether oxygens (including phenoxy) is 1. The molecule has 0 saturated carbocycles. The molecule has 10 heterocycles. The average molecular weight is 1110 g/mol. The number of nitrogens with zero attached hydrogens (tertiary/aromatic N) is 9. The first-order valence-corrected chi connectivity index (χ1v) is 28.7. The van der Waals surface area contributed by atoms with E-state index in [9.17, 15) is 19.8 Å². The second-order valence-electron chi connectivity index (χ2n) is 22.7. The van der Waals surface area contributed by atoms with E-state index in [4.69, 9.17) is 20.7 Å². The van der Waals surface area contributed by atoms with Crippen molar-refractivity contribution >= 4 is 56.5 Å². The van der Waals surface area contributed by atoms with Crippen LogP contribution in [0.15, 0.2) is 70.8 Å². The van der Waals surface area contributed by atoms with Gasteiger partial charge < -0.3 is 44.8 Å². The summed E-state index contributed by atoms with van der Waals surface area (Å²) in [5, 5.41) is 34.0. The predicted molar refractivity (Wildman–Crippen MR) is 301 cm³/mol. The maximum absolute atomic E-state index is 17.3. The third-order valence-corrected chi connectivity index (χ3v) is 18.2. The van der Waals surface area contributed by atoms with Crippen molar-refractivity contribution in [3.63, 3.8) is 0 Å². The molecule has 4 N–H and O–H groups in total. The summed E-state index contributed by atoms with van der Waals surface area (Å²) in [6, 6.07) is 14.6. The third-order valence-electron chi connectivity index (χ3n) is 17.2. The number of likely N-dealkylation sites (tertiary alicyclic amines) is 2. The standard InChI is InChI=1S/C60H65F2N11O6S/c1-6-44-47(61)15-14-37-20-42(74)21-45(52(37)44)54-53(62)55-46(25-64-54)57(72-29-40-8-7-9-41(72)24-63-40)68-60(67-55)78-19-18-70-17-16-38-27-71(28-39(38)26-70)50-23-49(79-69-50)51(32(2)3)59(77)73-30-43(75)22-48(73)58(76)66-33(4)35-10-12-36(13-11-35)56-34(5)65-31-80-56/h1,10-15,20-21,23,25,31-33,38-41,43,48,51,63,74-75H,7-9,16-19,22,24,26-30H2,2-5H3,(H,66,76)/t33-,38-,39+,40?,41?,43+,48-,51+/m0/s1. The number of β-amino-alcohol motifs (C(OH)–C–C–N with tert-alkyl or cyclic N) is 1. The lowest BCUT2D eigenvalue weighted by Gasteiger charge is -2.38. The Morgan fingerprint density at radius 2 is 1.82 bits per heavy atom. The molecule has 4 aromatic heterocycles. The number of aliphatic hydroxyl groups is 1. The molecule has 2 bridgehead atoms. The number of aliphatic hydroxyl groups excluding tert-OH is 1. The number of hydrogen-bond donors (Lipinski definition) is 4. The number of carbonyl (C=O) groups is 2. The van der Waals surface area contributed by atoms with Crippen molar-refractivity contribution in [1.82, 2.24) is 45.5 Å². The Morgan fingerprint density at radius 3 is 2.61 bits per heavy atom. The van der Waals surface area contributed by atoms with Gasteiger partial charge in [-0.1, -0.05) is 55.3 Å². The summed E-state index contributed by atoms with van der Waals surface area (Å²) in [5.74, 6) is 1.68. The van der Waals surface area contributed by atoms with Crippen molar-refractivity contribution in [2.45, 2.75) is 96.0 Å². The number of nitrogens with one attached hydrogen (secondary N) is 2. The minimum atomic E-state index is -0.850. The summed E-state index contributed by atoms with van der Waals surface area (Å²) in [7, 11) is 0. The van der Waals surface area contributed by atoms with Gasteiger partial charge in [0.1, 0.15) is 47.2 Å². The van der Waals surface area contributed by atoms with Gasteiger partial charge in [-0.25, -0.2) is 13.8 Å². The molecular formula is C60H65F2N11O6S. The Balaban J connectivity index is 0.712. The number of rotatable bonds is 14. The number of amides is 2. The molecule has 7 aromatic rings. The van der Waals surface area contributed by atoms with Gasteiger partial charge in [0.2, 0.25) is 11.8 Å². The number of fused-ring (bicyclic) bond motifs is 7. The highest BCUT2D eigenvalue weighted by molar-refractivity contribution is 7.13. The highest BCUT2D eigenvalue weighted by Gasteiger charge is 2.45. The van der Waals surface area contributed by atoms with Crippen LogP contribution >= 0.6 is 11.3 Å². The number of aromatic nitrogens is 5. The van der Waals surface area contributed by atoms with E-state index in [-0.39, 0.29) is 94.9 Å². The zero-order chi connectivity index (χ0) is 55.5. The lowest BCUT2D eigenvalue weighted by molar-refractivity contribution is -0.141. The van der Waals surface area contributed by atoms with E-state index in [0.717, 1.165) is 80.1 Å². The number of carbonyl (C=O) groups excluding carboxylic acids is 2. The van der Waals surface area contributed by atoms with Crippen molar-refractivity contribution < 1.29 is 37.8 Å². The van der Waals surface area contributed by atoms with Gasteiger partial charge >= 0.3 is 6.01 Å². The fourth-order valence-corrected chi connectivity index (χ4v) is 13.8. The van der Waals surface area contributed by atoms with Crippen LogP contribution < -0.4 is 25.2 Å². The minimum absolute atomic E-state index is 0.00148. The van der Waals surface area contributed by atoms with Crippen LogP contribution in [0.1, 0.15) is 87.4 Å². The second kappa shape index (κ2) is 22.0. The fraction of sp³-hybridized carbons (Fsp3) is 0.450. The quantitative estimate of drug-likeness (QED) is 0.0765. The summed E-state index contributed by atoms with van der Waals surface area (Å²) in [6.07, 6.45) is 10.6. The van der Waals surface area contributed by atoms with Gasteiger partial charge in [-0.05, 0) is 98.5 Å². The van der Waals surface area contributed by atoms with Crippen LogP contribution in [0.3, 0.4) is 0 Å². The molecule has 0 radical (unpaired) electrons. The number of anilines is 2. The number of halogens is 2. The van der Waals surface area contributed by atoms with E-state index < -0.39 is 29.7 Å². The summed E-state index contributed by atoms with van der Waals surface area (Å²) in [5.41, 5.74) is 4.72. The van der Waals surface area contributed by atoms with E-state index in [1.54, 1.807) is 17.5 Å². The molecule has 6 saturated heterocycles. The van der Waals surface area contributed by atoms with Crippen LogP contribution in [0, 0.1) is 48.7 Å². The number of aromatic hydroxyl groups is 1. The molecule has 2 amide bonds. The molecule has 6 fully saturated rings. The number of aryl methyl sites for hydroxylation is 1. The van der Waals surface area contributed by atoms with Crippen LogP contribution in [0.25, 0.3) is 43.4 Å². The lowest BCUT2D eigenvalue weighted by atomic mass is 9.89. The molecule has 8 atom stereocenters. The van der Waals surface area contributed by atoms with E-state index in [1.165, 1.54) is 29.2 Å². The van der Waals surface area contributed by atoms with Crippen molar-refractivity contribution in [3.05, 3.63) is 101 Å². The van der Waals surface area contributed by atoms with Crippen LogP contribution in [0.4, 0.5) is 20.4 Å². The van der Waals surface area contributed by atoms with Crippen LogP contribution in [0.5, 0.6) is 11.8 Å². The zero-order valence-corrected chi connectivity index (χ0v) is 46.1. The van der Waals surface area contributed by atoms with E-state index in [0.29, 0.717) is 53.1 Å². The first kappa shape index (κ1) is 53.3. The summed E-state index contributed by atoms with van der Waals surface area (Å²) >= 11 is 1.58. The second-order valence-corrected chi connectivity index (χ2v) is 23.6. The Bertz CT molecular complexity index is 3530. The minimum Gasteiger partial charge on any atom is -0.508 e. The highest BCUT2D eigenvalue weighted by atomic mass is 32.1. The number of hydrogen-bond acceptors (Lipinski definition) is 16. The Labute approximate surface area is 466 Å². The summed E-state index contributed by atoms with van der Waals surface area (Å²) in [6.45, 7) is 13.3. The molecule has 0 spiro atoms. The molecule has 20 heteroatoms. The number of benzene rings is 3. The van der Waals surface area contributed by atoms with E-state index >= 15 is 8.78 Å². The van der Waals surface area contributed by atoms with Gasteiger partial charge in [-0.2, -0.15) is 9.97 Å². The number of piperidine rings is 1. The zero-order valence-electron chi connectivity index (χ0n) is 45.2. The van der Waals surface area contributed by atoms with Crippen LogP contribution in [-0.4, -0.2) is 140 Å². The molecule has 17 nitrogen and oxygen atoms in total. The topological polar surface area (TPSA) is 198 Å². The number of thiazole rings is 1. The van der Waals surface area contributed by atoms with Crippen LogP contribution in [-0.2, 0) is 9.59 Å². The number of phenols is 1. The van der Waals surface area contributed by atoms with Crippen molar-refractivity contribution in [2.75, 3.05) is 68.8 Å². The van der Waals surface area contributed by atoms with E-state index in [2.05, 4.69) is 51.4 Å². The number of pyridine rings is 1. The largest absolute Gasteiger partial charge is 0.508 e. The van der Waals surface area contributed by atoms with Gasteiger partial charge in [0, 0.05) is 87.5 Å². The Morgan fingerprint density at radius 1 is 1.00 bits per heavy atom. The smallest absolute Gasteiger partial charge is 0.319 e. The first-order valence-electron chi connectivity index (χ1n) is 27.8. The molecule has 6 aliphatic rings. The average Bonchev–Trinajstić information content (AvgIpc) is 4.25. The monoisotopic (exact) mass is 1110 g/mol. The van der Waals surface area contributed by atoms with Gasteiger partial charge in [0.15, 0.2) is 17.4 Å². The lowest BCUT2D eigenvalue weighted by Crippen LogP contribution is -2.54. The van der Waals surface area contributed by atoms with Crippen molar-refractivity contribution in [1.29, 1.82) is 0 Å². The van der Waals surface area contributed by atoms with Crippen LogP contribution in [0.2, 0.25) is 0 Å². The summed E-state index contributed by atoms with van der Waals surface area (Å²) < 4.78 is 44.8. The molecule has 6 aliphatic heterocycles. The predicted octanol–water partition coefficient (Wildman–Crippen LogP) is 7.98. The van der Waals surface area contributed by atoms with Crippen molar-refractivity contribution in [3.8, 4) is 45.8 Å². The molecule has 13 rings (SSSR count). The highest BCUT2D eigenvalue weighted by Crippen LogP contribution is 2.41. The first-order chi connectivity index (χ1) is 38.7. The maximum atomic E-state index is 17.3. The van der Waals surface area contributed by atoms with Gasteiger partial charge in [-0.15, -0.1) is 17.8 Å². The SMILES string of the molecule is C#Cc1c(F)ccc2cc(O)cc(-c3ncc4c(N5CC6CCCC5CN6)nc(OCCN5CC[C@H]6CN(c7cc([C@H](C(=O)N8C[C@H](O)C[C@H]8C(=O)N[C@@H](C)c8ccc(-c9scnc9C)cc8)C(C)C)on7)C[C@H]6C5)nc4c3F)c12. The normalized spacial score (nSPS) is 22.9. The molecule has 2 unspecified atom stereocenters. The summed E-state index contributed by atoms with van der Waals surface area (Å²) in [4.78, 5) is 56.5. The maximum Gasteiger partial charge on any atom is 0.319 e. The Hall–Kier alpha value is -7.31. The fourth-order valence-electron chi connectivity index (χ4n) is 13.0. The van der Waals surface area contributed by atoms with Crippen molar-refractivity contribution in [2.24, 2.45) is 17.8 Å². The molecule has 416 valence electrons. The van der Waals surface area contributed by atoms with E-state index in [1.807, 2.05) is 63.5 Å². The molecule has 0 aliphatic carbocycles. The van der Waals surface area contributed by atoms with Gasteiger partial charge in [0.05, 0.1) is 39.2 Å². The number of piperazine rings is 1. The number of terminal acetylenes is 1. The van der Waals surface area contributed by atoms with Gasteiger partial charge in [-0.3, -0.25) is 19.5 Å². The molecule has 80 heavy (non-hydrogen) atoms. The Kier molecular flexibility index (Phi) is 14.6. The third kappa shape index (κ3) is 10.2. The number of phenolic OH excluding ortho intramolecular Hbond substituents is 1. The molecular weight excluding hydrogens is 1040 g/mol. The van der Waals surface area contributed by atoms with Gasteiger partial charge in [0.25, 0.3) is 0 Å².